The van der Waals surface area contributed by atoms with Crippen molar-refractivity contribution in [1.29, 1.82) is 0 Å². The van der Waals surface area contributed by atoms with E-state index in [-0.39, 0.29) is 12.0 Å². The van der Waals surface area contributed by atoms with Crippen LogP contribution in [0.25, 0.3) is 0 Å². The average molecular weight is 217 g/mol. The van der Waals surface area contributed by atoms with E-state index in [1.807, 2.05) is 0 Å². The summed E-state index contributed by atoms with van der Waals surface area (Å²) in [6.45, 7) is 0.677. The SMILES string of the molecule is OC1(Cc2ccc(F)c(F)c2F)CNC1. The molecule has 0 saturated carbocycles. The Balaban J connectivity index is 2.25. The normalized spacial score (nSPS) is 18.7. The van der Waals surface area contributed by atoms with E-state index in [4.69, 9.17) is 0 Å². The molecule has 1 aromatic carbocycles. The minimum Gasteiger partial charge on any atom is -0.387 e. The first-order valence-corrected chi connectivity index (χ1v) is 4.57. The van der Waals surface area contributed by atoms with E-state index in [1.165, 1.54) is 0 Å². The summed E-state index contributed by atoms with van der Waals surface area (Å²) in [4.78, 5) is 0. The molecule has 1 aliphatic heterocycles. The van der Waals surface area contributed by atoms with Crippen LogP contribution in [0.4, 0.5) is 13.2 Å². The zero-order valence-electron chi connectivity index (χ0n) is 7.86. The van der Waals surface area contributed by atoms with Crippen LogP contribution in [0.15, 0.2) is 12.1 Å². The first kappa shape index (κ1) is 10.4. The third kappa shape index (κ3) is 1.85. The first-order chi connectivity index (χ1) is 7.02. The minimum absolute atomic E-state index is 0.00194. The first-order valence-electron chi connectivity index (χ1n) is 4.57. The van der Waals surface area contributed by atoms with Crippen LogP contribution in [0.1, 0.15) is 5.56 Å². The highest BCUT2D eigenvalue weighted by Gasteiger charge is 2.35. The Morgan fingerprint density at radius 2 is 1.87 bits per heavy atom. The van der Waals surface area contributed by atoms with Gasteiger partial charge in [-0.15, -0.1) is 0 Å². The van der Waals surface area contributed by atoms with Gasteiger partial charge in [-0.3, -0.25) is 0 Å². The van der Waals surface area contributed by atoms with Crippen LogP contribution in [-0.4, -0.2) is 23.8 Å². The van der Waals surface area contributed by atoms with Crippen LogP contribution < -0.4 is 5.32 Å². The fourth-order valence-electron chi connectivity index (χ4n) is 1.60. The smallest absolute Gasteiger partial charge is 0.194 e. The molecule has 0 unspecified atom stereocenters. The van der Waals surface area contributed by atoms with Gasteiger partial charge in [0.1, 0.15) is 0 Å². The van der Waals surface area contributed by atoms with Crippen molar-refractivity contribution in [3.63, 3.8) is 0 Å². The maximum atomic E-state index is 13.2. The molecule has 1 aromatic rings. The van der Waals surface area contributed by atoms with Crippen LogP contribution in [0, 0.1) is 17.5 Å². The Hall–Kier alpha value is -1.07. The van der Waals surface area contributed by atoms with E-state index in [0.717, 1.165) is 12.1 Å². The van der Waals surface area contributed by atoms with Gasteiger partial charge in [0.2, 0.25) is 0 Å². The third-order valence-corrected chi connectivity index (χ3v) is 2.54. The van der Waals surface area contributed by atoms with Gasteiger partial charge in [0.15, 0.2) is 17.5 Å². The van der Waals surface area contributed by atoms with Crippen LogP contribution in [-0.2, 0) is 6.42 Å². The van der Waals surface area contributed by atoms with Crippen molar-refractivity contribution in [3.05, 3.63) is 35.1 Å². The van der Waals surface area contributed by atoms with Crippen LogP contribution in [0.3, 0.4) is 0 Å². The number of benzene rings is 1. The lowest BCUT2D eigenvalue weighted by molar-refractivity contribution is -0.00981. The molecule has 0 aromatic heterocycles. The fraction of sp³-hybridized carbons (Fsp3) is 0.400. The summed E-state index contributed by atoms with van der Waals surface area (Å²) in [5.74, 6) is -3.91. The molecular weight excluding hydrogens is 207 g/mol. The van der Waals surface area contributed by atoms with E-state index < -0.39 is 23.1 Å². The molecule has 2 N–H and O–H groups in total. The minimum atomic E-state index is -1.48. The predicted octanol–water partition coefficient (Wildman–Crippen LogP) is 0.981. The number of hydrogen-bond acceptors (Lipinski definition) is 2. The topological polar surface area (TPSA) is 32.3 Å². The molecule has 5 heteroatoms. The molecule has 0 spiro atoms. The lowest BCUT2D eigenvalue weighted by Crippen LogP contribution is -2.60. The molecule has 1 aliphatic rings. The zero-order valence-corrected chi connectivity index (χ0v) is 7.86. The number of aliphatic hydroxyl groups is 1. The molecule has 15 heavy (non-hydrogen) atoms. The number of hydrogen-bond donors (Lipinski definition) is 2. The Kier molecular flexibility index (Phi) is 2.44. The Bertz CT molecular complexity index is 390. The third-order valence-electron chi connectivity index (χ3n) is 2.54. The quantitative estimate of drug-likeness (QED) is 0.724. The molecule has 2 rings (SSSR count). The van der Waals surface area contributed by atoms with Gasteiger partial charge < -0.3 is 10.4 Å². The van der Waals surface area contributed by atoms with Gasteiger partial charge in [-0.1, -0.05) is 6.07 Å². The van der Waals surface area contributed by atoms with E-state index in [2.05, 4.69) is 5.32 Å². The van der Waals surface area contributed by atoms with E-state index in [0.29, 0.717) is 13.1 Å². The van der Waals surface area contributed by atoms with Crippen LogP contribution in [0.5, 0.6) is 0 Å². The summed E-state index contributed by atoms with van der Waals surface area (Å²) in [7, 11) is 0. The van der Waals surface area contributed by atoms with Gasteiger partial charge in [-0.2, -0.15) is 0 Å². The highest BCUT2D eigenvalue weighted by molar-refractivity contribution is 5.23. The van der Waals surface area contributed by atoms with Crippen molar-refractivity contribution in [2.24, 2.45) is 0 Å². The van der Waals surface area contributed by atoms with Crippen LogP contribution in [0.2, 0.25) is 0 Å². The monoisotopic (exact) mass is 217 g/mol. The number of rotatable bonds is 2. The highest BCUT2D eigenvalue weighted by atomic mass is 19.2. The highest BCUT2D eigenvalue weighted by Crippen LogP contribution is 2.22. The van der Waals surface area contributed by atoms with Crippen molar-refractivity contribution in [2.75, 3.05) is 13.1 Å². The number of nitrogens with one attached hydrogen (secondary N) is 1. The molecule has 1 saturated heterocycles. The summed E-state index contributed by atoms with van der Waals surface area (Å²) in [6.07, 6.45) is -0.0109. The van der Waals surface area contributed by atoms with Gasteiger partial charge in [-0.05, 0) is 11.6 Å². The average Bonchev–Trinajstić information content (AvgIpc) is 2.17. The molecule has 1 fully saturated rings. The van der Waals surface area contributed by atoms with E-state index in [1.54, 1.807) is 0 Å². The van der Waals surface area contributed by atoms with Crippen molar-refractivity contribution in [1.82, 2.24) is 5.32 Å². The van der Waals surface area contributed by atoms with Crippen molar-refractivity contribution >= 4 is 0 Å². The van der Waals surface area contributed by atoms with Gasteiger partial charge in [0.25, 0.3) is 0 Å². The predicted molar refractivity (Wildman–Crippen MR) is 47.8 cm³/mol. The standard InChI is InChI=1S/C10H10F3NO/c11-7-2-1-6(8(12)9(7)13)3-10(15)4-14-5-10/h1-2,14-15H,3-5H2. The molecule has 0 atom stereocenters. The van der Waals surface area contributed by atoms with Gasteiger partial charge in [0.05, 0.1) is 5.60 Å². The van der Waals surface area contributed by atoms with Gasteiger partial charge in [0, 0.05) is 19.5 Å². The largest absolute Gasteiger partial charge is 0.387 e. The zero-order chi connectivity index (χ0) is 11.1. The van der Waals surface area contributed by atoms with Crippen LogP contribution >= 0.6 is 0 Å². The molecular formula is C10H10F3NO. The molecule has 0 radical (unpaired) electrons. The molecule has 0 bridgehead atoms. The number of halogens is 3. The number of β-amino-alcohol motifs (C(OH)–C–C–N with tert-alkyl or cyclic N) is 1. The summed E-state index contributed by atoms with van der Waals surface area (Å²) >= 11 is 0. The maximum Gasteiger partial charge on any atom is 0.194 e. The Morgan fingerprint density at radius 3 is 2.40 bits per heavy atom. The second-order valence-corrected chi connectivity index (χ2v) is 3.84. The molecule has 0 aliphatic carbocycles. The van der Waals surface area contributed by atoms with Gasteiger partial charge in [-0.25, -0.2) is 13.2 Å². The molecule has 2 nitrogen and oxygen atoms in total. The molecule has 82 valence electrons. The Labute approximate surface area is 84.7 Å². The lowest BCUT2D eigenvalue weighted by Gasteiger charge is -2.37. The summed E-state index contributed by atoms with van der Waals surface area (Å²) in [5, 5.41) is 12.5. The summed E-state index contributed by atoms with van der Waals surface area (Å²) in [5.41, 5.74) is -1.04. The van der Waals surface area contributed by atoms with Crippen molar-refractivity contribution < 1.29 is 18.3 Å². The Morgan fingerprint density at radius 1 is 1.20 bits per heavy atom. The van der Waals surface area contributed by atoms with Gasteiger partial charge >= 0.3 is 0 Å². The van der Waals surface area contributed by atoms with E-state index in [9.17, 15) is 18.3 Å². The summed E-state index contributed by atoms with van der Waals surface area (Å²) < 4.78 is 38.6. The van der Waals surface area contributed by atoms with Crippen molar-refractivity contribution in [2.45, 2.75) is 12.0 Å². The lowest BCUT2D eigenvalue weighted by atomic mass is 9.89. The fourth-order valence-corrected chi connectivity index (χ4v) is 1.60. The van der Waals surface area contributed by atoms with Crippen molar-refractivity contribution in [3.8, 4) is 0 Å². The second kappa shape index (κ2) is 3.50. The molecule has 1 heterocycles. The second-order valence-electron chi connectivity index (χ2n) is 3.84. The summed E-state index contributed by atoms with van der Waals surface area (Å²) in [6, 6.07) is 2.02. The maximum absolute atomic E-state index is 13.2. The van der Waals surface area contributed by atoms with E-state index >= 15 is 0 Å². The molecule has 0 amide bonds.